The molecule has 0 bridgehead atoms. The third-order valence-corrected chi connectivity index (χ3v) is 3.60. The second-order valence-electron chi connectivity index (χ2n) is 5.46. The third kappa shape index (κ3) is 4.04. The van der Waals surface area contributed by atoms with Crippen molar-refractivity contribution in [3.05, 3.63) is 23.3 Å². The van der Waals surface area contributed by atoms with Gasteiger partial charge in [0, 0.05) is 20.0 Å². The van der Waals surface area contributed by atoms with Crippen molar-refractivity contribution in [2.45, 2.75) is 33.6 Å². The maximum Gasteiger partial charge on any atom is 0.415 e. The number of carbonyl (C=O) groups excluding carboxylic acids is 3. The van der Waals surface area contributed by atoms with Crippen LogP contribution in [0.2, 0.25) is 0 Å². The summed E-state index contributed by atoms with van der Waals surface area (Å²) in [5.74, 6) is -1.24. The van der Waals surface area contributed by atoms with Crippen LogP contribution in [0.4, 0.5) is 4.79 Å². The normalized spacial score (nSPS) is 13.5. The molecule has 1 aromatic rings. The van der Waals surface area contributed by atoms with Gasteiger partial charge in [0.1, 0.15) is 5.56 Å². The Bertz CT molecular complexity index is 649. The molecule has 0 saturated carbocycles. The lowest BCUT2D eigenvalue weighted by atomic mass is 10.1. The zero-order valence-corrected chi connectivity index (χ0v) is 14.1. The minimum absolute atomic E-state index is 0.0475. The number of hydrogen-bond acceptors (Lipinski definition) is 6. The van der Waals surface area contributed by atoms with Gasteiger partial charge in [-0.15, -0.1) is 0 Å². The minimum atomic E-state index is -0.643. The predicted molar refractivity (Wildman–Crippen MR) is 85.3 cm³/mol. The number of ether oxygens (including phenoxy) is 3. The molecule has 1 amide bonds. The molecule has 0 aromatic heterocycles. The topological polar surface area (TPSA) is 82.1 Å². The Labute approximate surface area is 140 Å². The number of amides is 1. The fourth-order valence-corrected chi connectivity index (χ4v) is 2.45. The first-order valence-corrected chi connectivity index (χ1v) is 7.90. The standard InChI is InChI=1S/C17H21NO6/c1-4-22-16(20)13-8-7-11(2)14(23-12(3)19)15(13)24-17(21)18-9-5-6-10-18/h7-8H,4-6,9-10H2,1-3H3. The molecule has 0 aliphatic carbocycles. The van der Waals surface area contributed by atoms with Gasteiger partial charge in [-0.1, -0.05) is 6.07 Å². The van der Waals surface area contributed by atoms with Crippen LogP contribution < -0.4 is 9.47 Å². The molecule has 1 heterocycles. The maximum atomic E-state index is 12.3. The van der Waals surface area contributed by atoms with E-state index < -0.39 is 18.0 Å². The van der Waals surface area contributed by atoms with Gasteiger partial charge in [0.25, 0.3) is 0 Å². The van der Waals surface area contributed by atoms with Gasteiger partial charge in [-0.2, -0.15) is 0 Å². The number of nitrogens with zero attached hydrogens (tertiary/aromatic N) is 1. The molecule has 1 aliphatic heterocycles. The zero-order chi connectivity index (χ0) is 17.7. The summed E-state index contributed by atoms with van der Waals surface area (Å²) in [6.45, 7) is 5.98. The van der Waals surface area contributed by atoms with Crippen LogP contribution in [0.5, 0.6) is 11.5 Å². The van der Waals surface area contributed by atoms with Crippen molar-refractivity contribution < 1.29 is 28.6 Å². The number of benzene rings is 1. The fraction of sp³-hybridized carbons (Fsp3) is 0.471. The van der Waals surface area contributed by atoms with Crippen molar-refractivity contribution in [3.8, 4) is 11.5 Å². The molecular weight excluding hydrogens is 314 g/mol. The van der Waals surface area contributed by atoms with Crippen molar-refractivity contribution in [1.82, 2.24) is 4.90 Å². The highest BCUT2D eigenvalue weighted by atomic mass is 16.6. The van der Waals surface area contributed by atoms with Crippen molar-refractivity contribution in [3.63, 3.8) is 0 Å². The van der Waals surface area contributed by atoms with Crippen LogP contribution in [0.25, 0.3) is 0 Å². The lowest BCUT2D eigenvalue weighted by Gasteiger charge is -2.19. The summed E-state index contributed by atoms with van der Waals surface area (Å²) in [4.78, 5) is 37.4. The summed E-state index contributed by atoms with van der Waals surface area (Å²) in [5, 5.41) is 0. The van der Waals surface area contributed by atoms with Crippen LogP contribution in [-0.4, -0.2) is 42.6 Å². The largest absolute Gasteiger partial charge is 0.462 e. The van der Waals surface area contributed by atoms with E-state index in [1.807, 2.05) is 0 Å². The first kappa shape index (κ1) is 17.8. The van der Waals surface area contributed by atoms with E-state index in [1.54, 1.807) is 24.8 Å². The van der Waals surface area contributed by atoms with Gasteiger partial charge < -0.3 is 19.1 Å². The van der Waals surface area contributed by atoms with Gasteiger partial charge >= 0.3 is 18.0 Å². The molecule has 130 valence electrons. The quantitative estimate of drug-likeness (QED) is 0.621. The minimum Gasteiger partial charge on any atom is -0.462 e. The van der Waals surface area contributed by atoms with Crippen LogP contribution >= 0.6 is 0 Å². The first-order chi connectivity index (χ1) is 11.4. The molecule has 0 atom stereocenters. The summed E-state index contributed by atoms with van der Waals surface area (Å²) in [7, 11) is 0. The van der Waals surface area contributed by atoms with Gasteiger partial charge in [0.2, 0.25) is 0 Å². The number of hydrogen-bond donors (Lipinski definition) is 0. The SMILES string of the molecule is CCOC(=O)c1ccc(C)c(OC(C)=O)c1OC(=O)N1CCCC1. The average Bonchev–Trinajstić information content (AvgIpc) is 3.05. The van der Waals surface area contributed by atoms with E-state index in [0.29, 0.717) is 18.7 Å². The molecule has 1 fully saturated rings. The van der Waals surface area contributed by atoms with Crippen molar-refractivity contribution in [2.24, 2.45) is 0 Å². The Kier molecular flexibility index (Phi) is 5.78. The van der Waals surface area contributed by atoms with E-state index in [2.05, 4.69) is 0 Å². The molecule has 24 heavy (non-hydrogen) atoms. The maximum absolute atomic E-state index is 12.3. The molecule has 7 nitrogen and oxygen atoms in total. The Morgan fingerprint density at radius 1 is 1.08 bits per heavy atom. The van der Waals surface area contributed by atoms with E-state index in [9.17, 15) is 14.4 Å². The lowest BCUT2D eigenvalue weighted by Crippen LogP contribution is -2.31. The van der Waals surface area contributed by atoms with Gasteiger partial charge in [0.05, 0.1) is 6.61 Å². The zero-order valence-electron chi connectivity index (χ0n) is 14.1. The third-order valence-electron chi connectivity index (χ3n) is 3.60. The van der Waals surface area contributed by atoms with Crippen molar-refractivity contribution in [1.29, 1.82) is 0 Å². The van der Waals surface area contributed by atoms with E-state index in [4.69, 9.17) is 14.2 Å². The van der Waals surface area contributed by atoms with Crippen molar-refractivity contribution in [2.75, 3.05) is 19.7 Å². The van der Waals surface area contributed by atoms with Crippen molar-refractivity contribution >= 4 is 18.0 Å². The van der Waals surface area contributed by atoms with Crippen LogP contribution in [0.3, 0.4) is 0 Å². The highest BCUT2D eigenvalue weighted by Gasteiger charge is 2.27. The molecule has 1 saturated heterocycles. The Hall–Kier alpha value is -2.57. The number of esters is 2. The second-order valence-corrected chi connectivity index (χ2v) is 5.46. The Morgan fingerprint density at radius 3 is 2.33 bits per heavy atom. The number of rotatable bonds is 4. The van der Waals surface area contributed by atoms with Crippen LogP contribution in [0, 0.1) is 6.92 Å². The highest BCUT2D eigenvalue weighted by molar-refractivity contribution is 5.95. The number of aryl methyl sites for hydroxylation is 1. The molecule has 7 heteroatoms. The fourth-order valence-electron chi connectivity index (χ4n) is 2.45. The van der Waals surface area contributed by atoms with E-state index in [1.165, 1.54) is 13.0 Å². The predicted octanol–water partition coefficient (Wildman–Crippen LogP) is 2.69. The molecule has 0 spiro atoms. The molecule has 1 aromatic carbocycles. The smallest absolute Gasteiger partial charge is 0.415 e. The van der Waals surface area contributed by atoms with E-state index in [-0.39, 0.29) is 23.7 Å². The molecule has 0 unspecified atom stereocenters. The molecule has 0 radical (unpaired) electrons. The molecule has 2 rings (SSSR count). The molecule has 1 aliphatic rings. The Balaban J connectivity index is 2.41. The second kappa shape index (κ2) is 7.81. The summed E-state index contributed by atoms with van der Waals surface area (Å²) in [6, 6.07) is 3.10. The average molecular weight is 335 g/mol. The van der Waals surface area contributed by atoms with Gasteiger partial charge in [0.15, 0.2) is 11.5 Å². The summed E-state index contributed by atoms with van der Waals surface area (Å²) >= 11 is 0. The van der Waals surface area contributed by atoms with E-state index >= 15 is 0 Å². The monoisotopic (exact) mass is 335 g/mol. The van der Waals surface area contributed by atoms with Gasteiger partial charge in [-0.05, 0) is 38.3 Å². The summed E-state index contributed by atoms with van der Waals surface area (Å²) in [6.07, 6.45) is 1.24. The first-order valence-electron chi connectivity index (χ1n) is 7.90. The molecular formula is C17H21NO6. The Morgan fingerprint density at radius 2 is 1.75 bits per heavy atom. The number of likely N-dealkylation sites (tertiary alicyclic amines) is 1. The van der Waals surface area contributed by atoms with Crippen LogP contribution in [0.1, 0.15) is 42.6 Å². The van der Waals surface area contributed by atoms with Gasteiger partial charge in [-0.3, -0.25) is 4.79 Å². The van der Waals surface area contributed by atoms with Crippen LogP contribution in [-0.2, 0) is 9.53 Å². The summed E-state index contributed by atoms with van der Waals surface area (Å²) < 4.78 is 15.6. The number of carbonyl (C=O) groups is 3. The summed E-state index contributed by atoms with van der Waals surface area (Å²) in [5.41, 5.74) is 0.619. The lowest BCUT2D eigenvalue weighted by molar-refractivity contribution is -0.132. The van der Waals surface area contributed by atoms with Gasteiger partial charge in [-0.25, -0.2) is 9.59 Å². The molecule has 0 N–H and O–H groups in total. The van der Waals surface area contributed by atoms with E-state index in [0.717, 1.165) is 12.8 Å². The van der Waals surface area contributed by atoms with Crippen LogP contribution in [0.15, 0.2) is 12.1 Å². The highest BCUT2D eigenvalue weighted by Crippen LogP contribution is 2.36.